The van der Waals surface area contributed by atoms with Crippen LogP contribution in [0.1, 0.15) is 36.6 Å². The van der Waals surface area contributed by atoms with Gasteiger partial charge in [0.25, 0.3) is 0 Å². The largest absolute Gasteiger partial charge is 0.475 e. The number of nitrogens with zero attached hydrogens (tertiary/aromatic N) is 6. The minimum atomic E-state index is 0.572. The number of hydrogen-bond donors (Lipinski definition) is 0. The number of imidazole rings is 2. The molecule has 0 N–H and O–H groups in total. The first-order chi connectivity index (χ1) is 17.9. The van der Waals surface area contributed by atoms with Crippen LogP contribution in [0.5, 0.6) is 0 Å². The van der Waals surface area contributed by atoms with Crippen LogP contribution < -0.4 is 9.13 Å². The zero-order chi connectivity index (χ0) is 26.9. The van der Waals surface area contributed by atoms with Crippen LogP contribution in [0.25, 0.3) is 0 Å². The maximum absolute atomic E-state index is 5.56. The number of methoxy groups -OCH3 is 2. The van der Waals surface area contributed by atoms with E-state index in [-0.39, 0.29) is 0 Å². The molecule has 0 atom stereocenters. The van der Waals surface area contributed by atoms with E-state index in [9.17, 15) is 0 Å². The van der Waals surface area contributed by atoms with Crippen LogP contribution in [0.15, 0.2) is 83.3 Å². The van der Waals surface area contributed by atoms with E-state index < -0.39 is 0 Å². The molecule has 8 nitrogen and oxygen atoms in total. The molecule has 4 rings (SSSR count). The molecule has 0 bridgehead atoms. The van der Waals surface area contributed by atoms with Gasteiger partial charge >= 0.3 is 23.4 Å². The first-order valence-electron chi connectivity index (χ1n) is 12.4. The molecule has 2 heterocycles. The van der Waals surface area contributed by atoms with E-state index in [4.69, 9.17) is 19.5 Å². The van der Waals surface area contributed by atoms with Gasteiger partial charge in [-0.3, -0.25) is 0 Å². The van der Waals surface area contributed by atoms with Gasteiger partial charge in [-0.1, -0.05) is 38.1 Å². The molecular formula is C29H38N6O2+2. The summed E-state index contributed by atoms with van der Waals surface area (Å²) in [5.74, 6) is 2.94. The third-order valence-corrected chi connectivity index (χ3v) is 5.88. The van der Waals surface area contributed by atoms with Crippen LogP contribution in [0.4, 0.5) is 11.4 Å². The lowest BCUT2D eigenvalue weighted by Crippen LogP contribution is -2.35. The first-order valence-corrected chi connectivity index (χ1v) is 12.4. The second-order valence-corrected chi connectivity index (χ2v) is 8.44. The average molecular weight is 503 g/mol. The van der Waals surface area contributed by atoms with Crippen LogP contribution >= 0.6 is 0 Å². The van der Waals surface area contributed by atoms with E-state index in [0.29, 0.717) is 11.8 Å². The molecule has 0 fully saturated rings. The third kappa shape index (κ3) is 6.52. The Morgan fingerprint density at radius 3 is 1.30 bits per heavy atom. The lowest BCUT2D eigenvalue weighted by molar-refractivity contribution is -0.672. The SMILES string of the molecule is CC.COC(=Nc1ccc(Cc2ccc(N=C(OC)c3n(C)cc[n+]3C)cc2)cc1)c1n(C)cc[n+]1C. The number of aryl methyl sites for hydroxylation is 4. The van der Waals surface area contributed by atoms with Gasteiger partial charge in [0, 0.05) is 0 Å². The Labute approximate surface area is 219 Å². The summed E-state index contributed by atoms with van der Waals surface area (Å²) in [6.45, 7) is 4.00. The van der Waals surface area contributed by atoms with Crippen LogP contribution in [0.3, 0.4) is 0 Å². The van der Waals surface area contributed by atoms with Gasteiger partial charge in [0.2, 0.25) is 0 Å². The Balaban J connectivity index is 0.00000186. The van der Waals surface area contributed by atoms with Gasteiger partial charge in [-0.25, -0.2) is 28.3 Å². The van der Waals surface area contributed by atoms with Crippen LogP contribution in [-0.4, -0.2) is 35.1 Å². The highest BCUT2D eigenvalue weighted by atomic mass is 16.5. The quantitative estimate of drug-likeness (QED) is 0.227. The average Bonchev–Trinajstić information content (AvgIpc) is 3.43. The predicted molar refractivity (Wildman–Crippen MR) is 147 cm³/mol. The number of aromatic nitrogens is 4. The predicted octanol–water partition coefficient (Wildman–Crippen LogP) is 4.08. The molecule has 0 spiro atoms. The van der Waals surface area contributed by atoms with E-state index in [1.54, 1.807) is 14.2 Å². The van der Waals surface area contributed by atoms with Gasteiger partial charge in [0.15, 0.2) is 0 Å². The standard InChI is InChI=1S/C27H32N6O2.C2H6/c1-30-15-16-31(2)26(30)24(34-5)28-22-11-7-20(8-12-22)19-21-9-13-23(14-10-21)29-25(35-6)27-32(3)17-18-33(27)4;1-2/h7-18H,19H2,1-6H3;1-2H3/q+2;. The molecule has 0 saturated carbocycles. The zero-order valence-electron chi connectivity index (χ0n) is 23.1. The van der Waals surface area contributed by atoms with Crippen molar-refractivity contribution in [3.8, 4) is 0 Å². The van der Waals surface area contributed by atoms with Crippen LogP contribution in [0.2, 0.25) is 0 Å². The summed E-state index contributed by atoms with van der Waals surface area (Å²) in [4.78, 5) is 9.39. The first kappa shape index (κ1) is 27.4. The molecule has 194 valence electrons. The molecule has 4 aromatic rings. The molecule has 8 heteroatoms. The van der Waals surface area contributed by atoms with E-state index >= 15 is 0 Å². The molecule has 0 aliphatic heterocycles. The van der Waals surface area contributed by atoms with Crippen molar-refractivity contribution in [2.75, 3.05) is 14.2 Å². The van der Waals surface area contributed by atoms with Crippen molar-refractivity contribution in [2.45, 2.75) is 20.3 Å². The number of hydrogen-bond acceptors (Lipinski definition) is 4. The highest BCUT2D eigenvalue weighted by Crippen LogP contribution is 2.20. The second kappa shape index (κ2) is 12.7. The molecule has 37 heavy (non-hydrogen) atoms. The van der Waals surface area contributed by atoms with Gasteiger partial charge in [-0.15, -0.1) is 0 Å². The lowest BCUT2D eigenvalue weighted by atomic mass is 10.0. The van der Waals surface area contributed by atoms with Crippen molar-refractivity contribution >= 4 is 23.2 Å². The normalized spacial score (nSPS) is 11.7. The Kier molecular flexibility index (Phi) is 9.38. The fourth-order valence-corrected chi connectivity index (χ4v) is 4.00. The van der Waals surface area contributed by atoms with Crippen molar-refractivity contribution < 1.29 is 18.6 Å². The zero-order valence-corrected chi connectivity index (χ0v) is 23.1. The summed E-state index contributed by atoms with van der Waals surface area (Å²) in [7, 11) is 11.2. The number of ether oxygens (including phenoxy) is 2. The van der Waals surface area contributed by atoms with Crippen molar-refractivity contribution in [3.05, 3.63) is 96.1 Å². The van der Waals surface area contributed by atoms with Gasteiger partial charge in [0.1, 0.15) is 24.8 Å². The van der Waals surface area contributed by atoms with E-state index in [1.165, 1.54) is 11.1 Å². The van der Waals surface area contributed by atoms with Crippen molar-refractivity contribution in [3.63, 3.8) is 0 Å². The molecule has 0 saturated heterocycles. The van der Waals surface area contributed by atoms with E-state index in [2.05, 4.69) is 24.3 Å². The summed E-state index contributed by atoms with van der Waals surface area (Å²) in [5, 5.41) is 0. The Morgan fingerprint density at radius 2 is 1.03 bits per heavy atom. The van der Waals surface area contributed by atoms with E-state index in [0.717, 1.165) is 29.4 Å². The smallest absolute Gasteiger partial charge is 0.344 e. The molecule has 2 aromatic heterocycles. The summed E-state index contributed by atoms with van der Waals surface area (Å²) < 4.78 is 19.1. The van der Waals surface area contributed by atoms with Crippen LogP contribution in [0, 0.1) is 0 Å². The summed E-state index contributed by atoms with van der Waals surface area (Å²) in [6.07, 6.45) is 8.72. The summed E-state index contributed by atoms with van der Waals surface area (Å²) in [6, 6.07) is 16.5. The number of aliphatic imine (C=N–C) groups is 2. The minimum absolute atomic E-state index is 0.572. The van der Waals surface area contributed by atoms with Crippen LogP contribution in [-0.2, 0) is 44.1 Å². The second-order valence-electron chi connectivity index (χ2n) is 8.44. The van der Waals surface area contributed by atoms with Gasteiger partial charge in [-0.2, -0.15) is 0 Å². The number of rotatable bonds is 6. The highest BCUT2D eigenvalue weighted by molar-refractivity contribution is 5.91. The van der Waals surface area contributed by atoms with E-state index in [1.807, 2.05) is 109 Å². The monoisotopic (exact) mass is 502 g/mol. The third-order valence-electron chi connectivity index (χ3n) is 5.88. The van der Waals surface area contributed by atoms with Gasteiger partial charge in [0.05, 0.1) is 53.8 Å². The molecule has 2 aromatic carbocycles. The Hall–Kier alpha value is -4.20. The topological polar surface area (TPSA) is 60.8 Å². The molecular weight excluding hydrogens is 464 g/mol. The van der Waals surface area contributed by atoms with Crippen molar-refractivity contribution in [1.29, 1.82) is 0 Å². The van der Waals surface area contributed by atoms with Crippen molar-refractivity contribution in [1.82, 2.24) is 9.13 Å². The molecule has 0 amide bonds. The lowest BCUT2D eigenvalue weighted by Gasteiger charge is -2.06. The minimum Gasteiger partial charge on any atom is -0.475 e. The fourth-order valence-electron chi connectivity index (χ4n) is 4.00. The molecule has 0 aliphatic rings. The molecule has 0 aliphatic carbocycles. The Bertz CT molecular complexity index is 1220. The molecule has 0 radical (unpaired) electrons. The number of benzene rings is 2. The van der Waals surface area contributed by atoms with Gasteiger partial charge in [-0.05, 0) is 41.8 Å². The maximum Gasteiger partial charge on any atom is 0.344 e. The van der Waals surface area contributed by atoms with Crippen molar-refractivity contribution in [2.24, 2.45) is 38.2 Å². The fraction of sp³-hybridized carbons (Fsp3) is 0.310. The Morgan fingerprint density at radius 1 is 0.676 bits per heavy atom. The summed E-state index contributed by atoms with van der Waals surface area (Å²) in [5.41, 5.74) is 4.10. The summed E-state index contributed by atoms with van der Waals surface area (Å²) >= 11 is 0. The maximum atomic E-state index is 5.56. The van der Waals surface area contributed by atoms with Gasteiger partial charge < -0.3 is 9.47 Å². The molecule has 0 unspecified atom stereocenters. The highest BCUT2D eigenvalue weighted by Gasteiger charge is 2.21.